The molecule has 342 valence electrons. The minimum atomic E-state index is -4.41. The van der Waals surface area contributed by atoms with E-state index >= 15 is 0 Å². The van der Waals surface area contributed by atoms with Gasteiger partial charge in [-0.05, 0) is 108 Å². The highest BCUT2D eigenvalue weighted by atomic mass is 32.2. The van der Waals surface area contributed by atoms with E-state index in [1.165, 1.54) is 12.1 Å². The first kappa shape index (κ1) is 48.6. The van der Waals surface area contributed by atoms with E-state index in [1.54, 1.807) is 12.1 Å². The van der Waals surface area contributed by atoms with Gasteiger partial charge in [-0.15, -0.1) is 0 Å². The number of allylic oxidation sites excluding steroid dienone is 8. The SMILES string of the molecule is CC1(C)C(/C=C/C2=C(c3ccc(CN=[N+]=[N-])cc3)C(=C/C=C3/N(CCC[N+](C)(C)C)c4ccc(S(=O)(=O)O)cc4C3(C)C)/CCC2)=[N+](CCC[N+](C)(C)C)c2ccc(S(=O)(=O)O)cc21. The Balaban J connectivity index is 1.51. The molecule has 3 aromatic rings. The van der Waals surface area contributed by atoms with Gasteiger partial charge < -0.3 is 13.9 Å². The molecule has 0 spiro atoms. The smallest absolute Gasteiger partial charge is 0.294 e. The molecule has 0 aromatic heterocycles. The van der Waals surface area contributed by atoms with Crippen LogP contribution in [0.1, 0.15) is 82.1 Å². The van der Waals surface area contributed by atoms with Crippen LogP contribution in [-0.2, 0) is 37.6 Å². The first-order valence-corrected chi connectivity index (χ1v) is 24.8. The van der Waals surface area contributed by atoms with E-state index in [0.717, 1.165) is 129 Å². The van der Waals surface area contributed by atoms with Gasteiger partial charge in [0.25, 0.3) is 20.2 Å². The highest BCUT2D eigenvalue weighted by Crippen LogP contribution is 2.49. The van der Waals surface area contributed by atoms with Crippen molar-refractivity contribution in [2.75, 3.05) is 73.4 Å². The summed E-state index contributed by atoms with van der Waals surface area (Å²) in [6.45, 7) is 12.0. The van der Waals surface area contributed by atoms with E-state index in [2.05, 4.69) is 126 Å². The van der Waals surface area contributed by atoms with Gasteiger partial charge in [0, 0.05) is 52.4 Å². The number of nitrogens with zero attached hydrogens (tertiary/aromatic N) is 7. The van der Waals surface area contributed by atoms with Crippen LogP contribution < -0.4 is 4.90 Å². The molecule has 0 atom stereocenters. The fraction of sp³-hybridized carbons (Fsp3) is 0.449. The summed E-state index contributed by atoms with van der Waals surface area (Å²) in [5.74, 6) is 0. The molecule has 2 aliphatic heterocycles. The third kappa shape index (κ3) is 10.8. The number of rotatable bonds is 16. The average Bonchev–Trinajstić information content (AvgIpc) is 3.54. The molecule has 0 saturated carbocycles. The van der Waals surface area contributed by atoms with Crippen LogP contribution in [0.25, 0.3) is 16.0 Å². The lowest BCUT2D eigenvalue weighted by Crippen LogP contribution is -2.37. The molecule has 2 heterocycles. The molecule has 0 amide bonds. The Morgan fingerprint density at radius 3 is 2.00 bits per heavy atom. The van der Waals surface area contributed by atoms with Crippen molar-refractivity contribution in [2.24, 2.45) is 5.11 Å². The van der Waals surface area contributed by atoms with E-state index in [4.69, 9.17) is 5.53 Å². The molecule has 13 nitrogen and oxygen atoms in total. The van der Waals surface area contributed by atoms with Crippen molar-refractivity contribution >= 4 is 42.9 Å². The van der Waals surface area contributed by atoms with Gasteiger partial charge in [-0.2, -0.15) is 21.4 Å². The summed E-state index contributed by atoms with van der Waals surface area (Å²) >= 11 is 0. The number of fused-ring (bicyclic) bond motifs is 2. The number of quaternary nitrogens is 2. The Morgan fingerprint density at radius 2 is 1.39 bits per heavy atom. The zero-order valence-corrected chi connectivity index (χ0v) is 40.8. The van der Waals surface area contributed by atoms with Crippen LogP contribution in [0.4, 0.5) is 11.4 Å². The molecule has 64 heavy (non-hydrogen) atoms. The standard InChI is InChI=1S/C49H64N7O6S2/c1-48(2)41-32-39(63(57,58)59)22-24-43(41)53(28-12-30-55(5,6)7)45(48)26-20-36-14-11-15-37(47(36)38-18-16-35(17-19-38)34-51-52-50)21-27-46-49(3,4)42-33-40(64(60,61)62)23-25-44(42)54(46)29-13-31-56(8,9)10/h16-27,32-33H,11-15,28-31,34H2,1-10H3/q+1/p+2. The summed E-state index contributed by atoms with van der Waals surface area (Å²) in [7, 11) is 4.19. The average molecular weight is 913 g/mol. The molecule has 1 aliphatic carbocycles. The van der Waals surface area contributed by atoms with Gasteiger partial charge in [0.05, 0.1) is 83.5 Å². The molecule has 15 heteroatoms. The van der Waals surface area contributed by atoms with Crippen LogP contribution in [0.2, 0.25) is 0 Å². The van der Waals surface area contributed by atoms with Crippen molar-refractivity contribution < 1.29 is 39.5 Å². The molecule has 0 unspecified atom stereocenters. The monoisotopic (exact) mass is 912 g/mol. The number of benzene rings is 3. The number of anilines is 1. The normalized spacial score (nSPS) is 18.9. The highest BCUT2D eigenvalue weighted by Gasteiger charge is 2.45. The molecule has 2 N–H and O–H groups in total. The minimum absolute atomic E-state index is 0.125. The fourth-order valence-corrected chi connectivity index (χ4v) is 10.4. The van der Waals surface area contributed by atoms with Crippen molar-refractivity contribution in [1.29, 1.82) is 0 Å². The van der Waals surface area contributed by atoms with Gasteiger partial charge in [0.2, 0.25) is 5.69 Å². The molecule has 0 saturated heterocycles. The molecular weight excluding hydrogens is 847 g/mol. The van der Waals surface area contributed by atoms with Crippen molar-refractivity contribution in [1.82, 2.24) is 0 Å². The summed E-state index contributed by atoms with van der Waals surface area (Å²) in [5, 5.41) is 3.77. The first-order chi connectivity index (χ1) is 29.7. The lowest BCUT2D eigenvalue weighted by atomic mass is 9.79. The van der Waals surface area contributed by atoms with Crippen LogP contribution in [0.3, 0.4) is 0 Å². The fourth-order valence-electron chi connectivity index (χ4n) is 9.40. The van der Waals surface area contributed by atoms with E-state index in [0.29, 0.717) is 0 Å². The zero-order valence-electron chi connectivity index (χ0n) is 39.1. The van der Waals surface area contributed by atoms with Gasteiger partial charge in [-0.1, -0.05) is 55.4 Å². The summed E-state index contributed by atoms with van der Waals surface area (Å²) in [5.41, 5.74) is 18.7. The molecule has 3 aliphatic rings. The molecule has 0 bridgehead atoms. The van der Waals surface area contributed by atoms with Gasteiger partial charge in [-0.25, -0.2) is 0 Å². The Kier molecular flexibility index (Phi) is 13.8. The van der Waals surface area contributed by atoms with Crippen LogP contribution in [0.5, 0.6) is 0 Å². The lowest BCUT2D eigenvalue weighted by Gasteiger charge is -2.29. The third-order valence-electron chi connectivity index (χ3n) is 12.7. The summed E-state index contributed by atoms with van der Waals surface area (Å²) < 4.78 is 73.3. The number of hydrogen-bond acceptors (Lipinski definition) is 6. The Morgan fingerprint density at radius 1 is 0.781 bits per heavy atom. The maximum Gasteiger partial charge on any atom is 0.294 e. The number of hydrogen-bond donors (Lipinski definition) is 2. The van der Waals surface area contributed by atoms with Crippen LogP contribution >= 0.6 is 0 Å². The second kappa shape index (κ2) is 18.2. The quantitative estimate of drug-likeness (QED) is 0.0361. The largest absolute Gasteiger partial charge is 0.344 e. The molecule has 6 rings (SSSR count). The Labute approximate surface area is 380 Å². The first-order valence-electron chi connectivity index (χ1n) is 21.9. The van der Waals surface area contributed by atoms with Crippen molar-refractivity contribution in [3.8, 4) is 0 Å². The Bertz CT molecular complexity index is 2740. The second-order valence-corrected chi connectivity index (χ2v) is 23.2. The van der Waals surface area contributed by atoms with Crippen LogP contribution in [0, 0.1) is 0 Å². The topological polar surface area (TPSA) is 164 Å². The van der Waals surface area contributed by atoms with E-state index in [9.17, 15) is 25.9 Å². The molecule has 0 radical (unpaired) electrons. The Hall–Kier alpha value is -4.86. The van der Waals surface area contributed by atoms with Crippen LogP contribution in [0.15, 0.2) is 117 Å². The molecule has 3 aromatic carbocycles. The van der Waals surface area contributed by atoms with Crippen molar-refractivity contribution in [2.45, 2.75) is 87.0 Å². The summed E-state index contributed by atoms with van der Waals surface area (Å²) in [6, 6.07) is 17.9. The predicted molar refractivity (Wildman–Crippen MR) is 256 cm³/mol. The van der Waals surface area contributed by atoms with Gasteiger partial charge in [-0.3, -0.25) is 9.11 Å². The second-order valence-electron chi connectivity index (χ2n) is 20.4. The molecule has 0 fully saturated rings. The summed E-state index contributed by atoms with van der Waals surface area (Å²) in [4.78, 5) is 4.99. The van der Waals surface area contributed by atoms with Crippen molar-refractivity contribution in [3.63, 3.8) is 0 Å². The van der Waals surface area contributed by atoms with E-state index in [1.807, 2.05) is 24.3 Å². The van der Waals surface area contributed by atoms with Crippen molar-refractivity contribution in [3.05, 3.63) is 135 Å². The third-order valence-corrected chi connectivity index (χ3v) is 14.4. The van der Waals surface area contributed by atoms with Gasteiger partial charge >= 0.3 is 0 Å². The maximum absolute atomic E-state index is 12.3. The highest BCUT2D eigenvalue weighted by molar-refractivity contribution is 7.86. The minimum Gasteiger partial charge on any atom is -0.344 e. The van der Waals surface area contributed by atoms with Crippen LogP contribution in [-0.4, -0.2) is 114 Å². The summed E-state index contributed by atoms with van der Waals surface area (Å²) in [6.07, 6.45) is 13.2. The zero-order chi connectivity index (χ0) is 47.0. The predicted octanol–water partition coefficient (Wildman–Crippen LogP) is 9.36. The van der Waals surface area contributed by atoms with E-state index < -0.39 is 31.1 Å². The van der Waals surface area contributed by atoms with E-state index in [-0.39, 0.29) is 16.3 Å². The van der Waals surface area contributed by atoms with Gasteiger partial charge in [0.15, 0.2) is 12.3 Å². The number of azide groups is 1. The lowest BCUT2D eigenvalue weighted by molar-refractivity contribution is -0.871. The van der Waals surface area contributed by atoms with Gasteiger partial charge in [0.1, 0.15) is 0 Å². The molecular formula is C49H66N7O6S2+3. The maximum atomic E-state index is 12.3.